The molecule has 0 radical (unpaired) electrons. The third-order valence-corrected chi connectivity index (χ3v) is 3.95. The van der Waals surface area contributed by atoms with Gasteiger partial charge in [-0.3, -0.25) is 0 Å². The second-order valence-electron chi connectivity index (χ2n) is 6.67. The summed E-state index contributed by atoms with van der Waals surface area (Å²) in [6.07, 6.45) is 0. The lowest BCUT2D eigenvalue weighted by Gasteiger charge is -2.51. The Hall–Kier alpha value is -1.42. The molecule has 4 heteroatoms. The number of nitrogens with one attached hydrogen (secondary N) is 1. The molecule has 2 aliphatic rings. The van der Waals surface area contributed by atoms with Crippen molar-refractivity contribution in [2.75, 3.05) is 24.8 Å². The third-order valence-electron chi connectivity index (χ3n) is 3.95. The predicted molar refractivity (Wildman–Crippen MR) is 76.1 cm³/mol. The van der Waals surface area contributed by atoms with Gasteiger partial charge in [-0.15, -0.1) is 0 Å². The maximum Gasteiger partial charge on any atom is 0.231 e. The molecule has 3 rings (SSSR count). The molecule has 4 nitrogen and oxygen atoms in total. The molecular weight excluding hydrogens is 240 g/mol. The minimum absolute atomic E-state index is 0.0865. The first kappa shape index (κ1) is 12.6. The minimum Gasteiger partial charge on any atom is -0.454 e. The molecule has 0 saturated carbocycles. The molecule has 1 N–H and O–H groups in total. The van der Waals surface area contributed by atoms with Gasteiger partial charge in [-0.1, -0.05) is 0 Å². The van der Waals surface area contributed by atoms with E-state index in [0.717, 1.165) is 24.6 Å². The zero-order chi connectivity index (χ0) is 13.7. The summed E-state index contributed by atoms with van der Waals surface area (Å²) in [7, 11) is 0. The number of hydrogen-bond acceptors (Lipinski definition) is 4. The van der Waals surface area contributed by atoms with E-state index in [0.29, 0.717) is 6.79 Å². The van der Waals surface area contributed by atoms with E-state index in [1.165, 1.54) is 5.69 Å². The molecule has 0 amide bonds. The van der Waals surface area contributed by atoms with Crippen molar-refractivity contribution in [3.63, 3.8) is 0 Å². The summed E-state index contributed by atoms with van der Waals surface area (Å²) < 4.78 is 10.9. The molecule has 0 bridgehead atoms. The molecule has 1 aromatic carbocycles. The Labute approximate surface area is 114 Å². The van der Waals surface area contributed by atoms with E-state index in [-0.39, 0.29) is 11.1 Å². The van der Waals surface area contributed by atoms with Crippen LogP contribution in [-0.4, -0.2) is 31.0 Å². The maximum atomic E-state index is 5.49. The normalized spacial score (nSPS) is 23.5. The van der Waals surface area contributed by atoms with Crippen LogP contribution in [0.3, 0.4) is 0 Å². The summed E-state index contributed by atoms with van der Waals surface area (Å²) in [5.41, 5.74) is 1.40. The topological polar surface area (TPSA) is 33.7 Å². The summed E-state index contributed by atoms with van der Waals surface area (Å²) in [5, 5.41) is 3.60. The van der Waals surface area contributed by atoms with Crippen LogP contribution in [0.25, 0.3) is 0 Å². The van der Waals surface area contributed by atoms with Gasteiger partial charge in [-0.25, -0.2) is 0 Å². The van der Waals surface area contributed by atoms with Gasteiger partial charge in [-0.2, -0.15) is 0 Å². The second kappa shape index (κ2) is 4.04. The Bertz CT molecular complexity index is 497. The van der Waals surface area contributed by atoms with Crippen molar-refractivity contribution in [1.82, 2.24) is 5.32 Å². The quantitative estimate of drug-likeness (QED) is 0.842. The predicted octanol–water partition coefficient (Wildman–Crippen LogP) is 2.38. The lowest BCUT2D eigenvalue weighted by Crippen LogP contribution is -2.66. The molecule has 0 aromatic heterocycles. The fourth-order valence-corrected chi connectivity index (χ4v) is 2.71. The van der Waals surface area contributed by atoms with Crippen LogP contribution in [0.4, 0.5) is 5.69 Å². The van der Waals surface area contributed by atoms with Crippen LogP contribution < -0.4 is 19.7 Å². The van der Waals surface area contributed by atoms with Crippen LogP contribution >= 0.6 is 0 Å². The molecule has 2 heterocycles. The minimum atomic E-state index is 0.0865. The molecule has 104 valence electrons. The van der Waals surface area contributed by atoms with Gasteiger partial charge >= 0.3 is 0 Å². The van der Waals surface area contributed by atoms with Gasteiger partial charge in [0.2, 0.25) is 6.79 Å². The van der Waals surface area contributed by atoms with Crippen molar-refractivity contribution in [2.45, 2.75) is 38.8 Å². The number of hydrogen-bond donors (Lipinski definition) is 1. The highest BCUT2D eigenvalue weighted by Crippen LogP contribution is 2.38. The Morgan fingerprint density at radius 2 is 1.84 bits per heavy atom. The Kier molecular flexibility index (Phi) is 2.68. The van der Waals surface area contributed by atoms with Crippen LogP contribution in [0.2, 0.25) is 0 Å². The molecule has 0 unspecified atom stereocenters. The monoisotopic (exact) mass is 262 g/mol. The van der Waals surface area contributed by atoms with Crippen molar-refractivity contribution in [1.29, 1.82) is 0 Å². The van der Waals surface area contributed by atoms with E-state index >= 15 is 0 Å². The van der Waals surface area contributed by atoms with Crippen molar-refractivity contribution < 1.29 is 9.47 Å². The molecule has 0 spiro atoms. The Morgan fingerprint density at radius 1 is 1.11 bits per heavy atom. The van der Waals surface area contributed by atoms with Crippen LogP contribution in [0.15, 0.2) is 18.2 Å². The van der Waals surface area contributed by atoms with Gasteiger partial charge in [0.05, 0.1) is 0 Å². The number of piperazine rings is 1. The number of anilines is 1. The zero-order valence-corrected chi connectivity index (χ0v) is 12.1. The summed E-state index contributed by atoms with van der Waals surface area (Å²) in [5.74, 6) is 1.69. The fraction of sp³-hybridized carbons (Fsp3) is 0.600. The second-order valence-corrected chi connectivity index (χ2v) is 6.67. The van der Waals surface area contributed by atoms with Gasteiger partial charge in [0.15, 0.2) is 11.5 Å². The van der Waals surface area contributed by atoms with E-state index in [1.54, 1.807) is 0 Å². The highest BCUT2D eigenvalue weighted by atomic mass is 16.7. The van der Waals surface area contributed by atoms with Crippen LogP contribution in [-0.2, 0) is 0 Å². The summed E-state index contributed by atoms with van der Waals surface area (Å²) in [6.45, 7) is 11.3. The first-order chi connectivity index (χ1) is 8.87. The van der Waals surface area contributed by atoms with E-state index in [1.807, 2.05) is 6.07 Å². The standard InChI is InChI=1S/C15H22N2O2/c1-14(2)9-17(15(3,4)8-16-14)11-5-6-12-13(7-11)19-10-18-12/h5-7,16H,8-10H2,1-4H3. The van der Waals surface area contributed by atoms with Gasteiger partial charge in [0, 0.05) is 35.9 Å². The van der Waals surface area contributed by atoms with Crippen molar-refractivity contribution in [3.8, 4) is 11.5 Å². The lowest BCUT2D eigenvalue weighted by molar-refractivity contribution is 0.174. The fourth-order valence-electron chi connectivity index (χ4n) is 2.71. The molecule has 1 aromatic rings. The number of fused-ring (bicyclic) bond motifs is 1. The summed E-state index contributed by atoms with van der Waals surface area (Å²) in [6, 6.07) is 6.21. The van der Waals surface area contributed by atoms with Gasteiger partial charge in [0.25, 0.3) is 0 Å². The largest absolute Gasteiger partial charge is 0.454 e. The van der Waals surface area contributed by atoms with Crippen LogP contribution in [0.5, 0.6) is 11.5 Å². The Balaban J connectivity index is 1.94. The molecule has 0 atom stereocenters. The molecule has 19 heavy (non-hydrogen) atoms. The maximum absolute atomic E-state index is 5.49. The summed E-state index contributed by atoms with van der Waals surface area (Å²) >= 11 is 0. The summed E-state index contributed by atoms with van der Waals surface area (Å²) in [4.78, 5) is 2.45. The lowest BCUT2D eigenvalue weighted by atomic mass is 9.91. The molecule has 1 fully saturated rings. The van der Waals surface area contributed by atoms with E-state index in [2.05, 4.69) is 50.0 Å². The number of rotatable bonds is 1. The molecule has 1 saturated heterocycles. The average Bonchev–Trinajstić information content (AvgIpc) is 2.80. The zero-order valence-electron chi connectivity index (χ0n) is 12.1. The number of nitrogens with zero attached hydrogens (tertiary/aromatic N) is 1. The molecular formula is C15H22N2O2. The first-order valence-corrected chi connectivity index (χ1v) is 6.80. The highest BCUT2D eigenvalue weighted by molar-refractivity contribution is 5.59. The van der Waals surface area contributed by atoms with Crippen molar-refractivity contribution in [2.24, 2.45) is 0 Å². The van der Waals surface area contributed by atoms with Crippen molar-refractivity contribution >= 4 is 5.69 Å². The van der Waals surface area contributed by atoms with E-state index < -0.39 is 0 Å². The third kappa shape index (κ3) is 2.25. The van der Waals surface area contributed by atoms with Crippen LogP contribution in [0, 0.1) is 0 Å². The van der Waals surface area contributed by atoms with E-state index in [4.69, 9.17) is 9.47 Å². The Morgan fingerprint density at radius 3 is 2.63 bits per heavy atom. The van der Waals surface area contributed by atoms with Crippen LogP contribution in [0.1, 0.15) is 27.7 Å². The van der Waals surface area contributed by atoms with Crippen molar-refractivity contribution in [3.05, 3.63) is 18.2 Å². The molecule has 2 aliphatic heterocycles. The first-order valence-electron chi connectivity index (χ1n) is 6.80. The van der Waals surface area contributed by atoms with Gasteiger partial charge in [0.1, 0.15) is 0 Å². The van der Waals surface area contributed by atoms with Gasteiger partial charge < -0.3 is 19.7 Å². The highest BCUT2D eigenvalue weighted by Gasteiger charge is 2.38. The number of ether oxygens (including phenoxy) is 2. The average molecular weight is 262 g/mol. The number of benzene rings is 1. The van der Waals surface area contributed by atoms with E-state index in [9.17, 15) is 0 Å². The smallest absolute Gasteiger partial charge is 0.231 e. The van der Waals surface area contributed by atoms with Gasteiger partial charge in [-0.05, 0) is 39.8 Å². The molecule has 0 aliphatic carbocycles. The SMILES string of the molecule is CC1(C)CN(c2ccc3c(c2)OCO3)C(C)(C)CN1.